The van der Waals surface area contributed by atoms with Gasteiger partial charge in [0.25, 0.3) is 5.56 Å². The van der Waals surface area contributed by atoms with Crippen LogP contribution in [0.15, 0.2) is 47.3 Å². The lowest BCUT2D eigenvalue weighted by molar-refractivity contribution is -0.118. The van der Waals surface area contributed by atoms with Crippen molar-refractivity contribution >= 4 is 5.91 Å². The Labute approximate surface area is 167 Å². The van der Waals surface area contributed by atoms with Crippen LogP contribution in [0, 0.1) is 0 Å². The summed E-state index contributed by atoms with van der Waals surface area (Å²) >= 11 is 0. The van der Waals surface area contributed by atoms with Crippen molar-refractivity contribution in [2.24, 2.45) is 5.73 Å². The quantitative estimate of drug-likeness (QED) is 0.572. The van der Waals surface area contributed by atoms with E-state index in [0.717, 1.165) is 29.0 Å². The number of carbonyl (C=O) groups excluding carboxylic acids is 1. The number of amides is 1. The lowest BCUT2D eigenvalue weighted by Crippen LogP contribution is -2.21. The fourth-order valence-corrected chi connectivity index (χ4v) is 3.89. The Balaban J connectivity index is 1.70. The van der Waals surface area contributed by atoms with Gasteiger partial charge in [0.1, 0.15) is 11.5 Å². The Bertz CT molecular complexity index is 1080. The second-order valence-electron chi connectivity index (χ2n) is 7.18. The van der Waals surface area contributed by atoms with Crippen molar-refractivity contribution in [3.8, 4) is 11.5 Å². The Morgan fingerprint density at radius 2 is 2.00 bits per heavy atom. The van der Waals surface area contributed by atoms with Gasteiger partial charge in [-0.3, -0.25) is 14.7 Å². The number of hydrogen-bond donors (Lipinski definition) is 3. The Hall–Kier alpha value is -3.48. The van der Waals surface area contributed by atoms with Gasteiger partial charge in [-0.25, -0.2) is 0 Å². The number of hydrogen-bond acceptors (Lipinski definition) is 4. The van der Waals surface area contributed by atoms with Crippen molar-refractivity contribution in [1.82, 2.24) is 10.2 Å². The van der Waals surface area contributed by atoms with Crippen LogP contribution in [0.4, 0.5) is 0 Å². The number of carbonyl (C=O) groups is 1. The van der Waals surface area contributed by atoms with Crippen LogP contribution in [0.25, 0.3) is 0 Å². The predicted octanol–water partition coefficient (Wildman–Crippen LogP) is 2.24. The molecule has 4 rings (SSSR count). The first kappa shape index (κ1) is 18.9. The van der Waals surface area contributed by atoms with E-state index in [4.69, 9.17) is 15.2 Å². The van der Waals surface area contributed by atoms with Gasteiger partial charge >= 0.3 is 0 Å². The Kier molecular flexibility index (Phi) is 5.12. The highest BCUT2D eigenvalue weighted by atomic mass is 16.5. The van der Waals surface area contributed by atoms with Gasteiger partial charge in [-0.2, -0.15) is 0 Å². The average molecular weight is 393 g/mol. The zero-order valence-corrected chi connectivity index (χ0v) is 16.2. The number of nitrogens with two attached hydrogens (primary N) is 1. The molecule has 0 saturated carbocycles. The number of fused-ring (bicyclic) bond motifs is 1. The lowest BCUT2D eigenvalue weighted by Gasteiger charge is -2.16. The summed E-state index contributed by atoms with van der Waals surface area (Å²) < 4.78 is 10.8. The summed E-state index contributed by atoms with van der Waals surface area (Å²) in [5, 5.41) is 5.66. The highest BCUT2D eigenvalue weighted by Gasteiger charge is 2.25. The molecule has 7 nitrogen and oxygen atoms in total. The van der Waals surface area contributed by atoms with Gasteiger partial charge < -0.3 is 20.3 Å². The molecule has 7 heteroatoms. The van der Waals surface area contributed by atoms with Crippen LogP contribution < -0.4 is 20.8 Å². The zero-order chi connectivity index (χ0) is 20.4. The van der Waals surface area contributed by atoms with Crippen molar-refractivity contribution in [3.05, 3.63) is 80.8 Å². The molecule has 3 aromatic rings. The molecule has 4 N–H and O–H groups in total. The number of primary amides is 1. The van der Waals surface area contributed by atoms with Gasteiger partial charge in [0.15, 0.2) is 0 Å². The molecule has 1 atom stereocenters. The first-order chi connectivity index (χ1) is 14.0. The molecule has 2 aromatic carbocycles. The van der Waals surface area contributed by atoms with Crippen LogP contribution in [-0.2, 0) is 17.6 Å². The number of H-pyrrole nitrogens is 2. The minimum atomic E-state index is -0.466. The minimum Gasteiger partial charge on any atom is -0.497 e. The van der Waals surface area contributed by atoms with Crippen molar-refractivity contribution in [1.29, 1.82) is 0 Å². The standard InChI is InChI=1S/C22H23N3O4/c1-28-16-5-3-14(4-6-16)17(12-20(23)26)21-18(24-25-22(21)27)11-13-2-7-19-15(10-13)8-9-29-19/h2-7,10,17H,8-9,11-12H2,1H3,(H2,23,26)(H2,24,25,27)/t17-/m1/s1. The Morgan fingerprint density at radius 1 is 1.21 bits per heavy atom. The molecule has 2 heterocycles. The highest BCUT2D eigenvalue weighted by Crippen LogP contribution is 2.31. The summed E-state index contributed by atoms with van der Waals surface area (Å²) in [6, 6.07) is 13.4. The molecule has 0 unspecified atom stereocenters. The number of methoxy groups -OCH3 is 1. The van der Waals surface area contributed by atoms with Gasteiger partial charge in [-0.1, -0.05) is 24.3 Å². The third-order valence-electron chi connectivity index (χ3n) is 5.30. The number of aromatic amines is 2. The normalized spacial score (nSPS) is 13.6. The highest BCUT2D eigenvalue weighted by molar-refractivity contribution is 5.75. The summed E-state index contributed by atoms with van der Waals surface area (Å²) in [4.78, 5) is 24.4. The van der Waals surface area contributed by atoms with Crippen LogP contribution in [0.3, 0.4) is 0 Å². The Morgan fingerprint density at radius 3 is 2.72 bits per heavy atom. The second-order valence-corrected chi connectivity index (χ2v) is 7.18. The molecule has 0 aliphatic carbocycles. The fourth-order valence-electron chi connectivity index (χ4n) is 3.89. The lowest BCUT2D eigenvalue weighted by atomic mass is 9.87. The molecule has 1 aliphatic heterocycles. The van der Waals surface area contributed by atoms with Gasteiger partial charge in [-0.15, -0.1) is 0 Å². The summed E-state index contributed by atoms with van der Waals surface area (Å²) in [6.07, 6.45) is 1.46. The van der Waals surface area contributed by atoms with E-state index in [1.807, 2.05) is 36.4 Å². The monoisotopic (exact) mass is 393 g/mol. The molecule has 0 saturated heterocycles. The van der Waals surface area contributed by atoms with E-state index < -0.39 is 11.8 Å². The van der Waals surface area contributed by atoms with Crippen LogP contribution in [-0.4, -0.2) is 29.8 Å². The molecule has 0 fully saturated rings. The number of ether oxygens (including phenoxy) is 2. The van der Waals surface area contributed by atoms with E-state index in [9.17, 15) is 9.59 Å². The van der Waals surface area contributed by atoms with Crippen LogP contribution in [0.5, 0.6) is 11.5 Å². The molecule has 29 heavy (non-hydrogen) atoms. The summed E-state index contributed by atoms with van der Waals surface area (Å²) in [6.45, 7) is 0.698. The summed E-state index contributed by atoms with van der Waals surface area (Å²) in [5.74, 6) is 0.713. The van der Waals surface area contributed by atoms with E-state index in [1.54, 1.807) is 7.11 Å². The first-order valence-electron chi connectivity index (χ1n) is 9.51. The van der Waals surface area contributed by atoms with Crippen LogP contribution >= 0.6 is 0 Å². The maximum Gasteiger partial charge on any atom is 0.267 e. The largest absolute Gasteiger partial charge is 0.497 e. The predicted molar refractivity (Wildman–Crippen MR) is 109 cm³/mol. The van der Waals surface area contributed by atoms with Gasteiger partial charge in [0.05, 0.1) is 13.7 Å². The summed E-state index contributed by atoms with van der Waals surface area (Å²) in [5.41, 5.74) is 9.61. The summed E-state index contributed by atoms with van der Waals surface area (Å²) in [7, 11) is 1.59. The van der Waals surface area contributed by atoms with Crippen molar-refractivity contribution < 1.29 is 14.3 Å². The van der Waals surface area contributed by atoms with Gasteiger partial charge in [-0.05, 0) is 34.9 Å². The molecule has 1 aromatic heterocycles. The SMILES string of the molecule is COc1ccc([C@@H](CC(N)=O)c2c(Cc3ccc4c(c3)CCO4)[nH][nH]c2=O)cc1. The molecular formula is C22H23N3O4. The van der Waals surface area contributed by atoms with E-state index in [0.29, 0.717) is 24.3 Å². The van der Waals surface area contributed by atoms with Crippen molar-refractivity contribution in [2.75, 3.05) is 13.7 Å². The molecule has 0 spiro atoms. The van der Waals surface area contributed by atoms with Crippen molar-refractivity contribution in [2.45, 2.75) is 25.2 Å². The van der Waals surface area contributed by atoms with E-state index in [2.05, 4.69) is 16.3 Å². The smallest absolute Gasteiger partial charge is 0.267 e. The van der Waals surface area contributed by atoms with E-state index in [1.165, 1.54) is 5.56 Å². The zero-order valence-electron chi connectivity index (χ0n) is 16.2. The molecule has 1 aliphatic rings. The van der Waals surface area contributed by atoms with Crippen LogP contribution in [0.1, 0.15) is 40.3 Å². The van der Waals surface area contributed by atoms with E-state index >= 15 is 0 Å². The maximum atomic E-state index is 12.7. The topological polar surface area (TPSA) is 110 Å². The second kappa shape index (κ2) is 7.87. The first-order valence-corrected chi connectivity index (χ1v) is 9.51. The number of aromatic nitrogens is 2. The van der Waals surface area contributed by atoms with Gasteiger partial charge in [0.2, 0.25) is 5.91 Å². The van der Waals surface area contributed by atoms with Crippen molar-refractivity contribution in [3.63, 3.8) is 0 Å². The van der Waals surface area contributed by atoms with Gasteiger partial charge in [0, 0.05) is 36.4 Å². The molecular weight excluding hydrogens is 370 g/mol. The molecule has 150 valence electrons. The number of benzene rings is 2. The maximum absolute atomic E-state index is 12.7. The molecule has 0 radical (unpaired) electrons. The number of rotatable bonds is 7. The molecule has 1 amide bonds. The number of nitrogens with one attached hydrogen (secondary N) is 2. The van der Waals surface area contributed by atoms with Crippen LogP contribution in [0.2, 0.25) is 0 Å². The minimum absolute atomic E-state index is 0.0400. The third-order valence-corrected chi connectivity index (χ3v) is 5.30. The van der Waals surface area contributed by atoms with E-state index in [-0.39, 0.29) is 12.0 Å². The molecule has 0 bridgehead atoms. The average Bonchev–Trinajstić information content (AvgIpc) is 3.32. The fraction of sp³-hybridized carbons (Fsp3) is 0.273. The third kappa shape index (κ3) is 3.89.